The van der Waals surface area contributed by atoms with E-state index in [1.807, 2.05) is 37.8 Å². The summed E-state index contributed by atoms with van der Waals surface area (Å²) in [4.78, 5) is 6.66. The van der Waals surface area contributed by atoms with Gasteiger partial charge in [-0.05, 0) is 24.3 Å². The number of benzene rings is 2. The maximum absolute atomic E-state index is 6.38. The molecule has 1 aromatic heterocycles. The molecule has 3 aromatic rings. The summed E-state index contributed by atoms with van der Waals surface area (Å²) in [6.07, 6.45) is 1.80. The zero-order valence-corrected chi connectivity index (χ0v) is 18.8. The fraction of sp³-hybridized carbons (Fsp3) is 0.250. The number of methoxy groups -OCH3 is 2. The summed E-state index contributed by atoms with van der Waals surface area (Å²) in [5.74, 6) is 1.10. The van der Waals surface area contributed by atoms with Gasteiger partial charge in [0, 0.05) is 38.0 Å². The molecule has 152 valence electrons. The highest BCUT2D eigenvalue weighted by Gasteiger charge is 2.18. The van der Waals surface area contributed by atoms with Gasteiger partial charge in [-0.15, -0.1) is 24.8 Å². The molecule has 2 aromatic carbocycles. The number of imidazole rings is 1. The van der Waals surface area contributed by atoms with Crippen molar-refractivity contribution in [2.24, 2.45) is 7.05 Å². The molecular formula is C20H24Cl3N3O2. The van der Waals surface area contributed by atoms with Gasteiger partial charge in [-0.3, -0.25) is 0 Å². The normalized spacial score (nSPS) is 9.93. The van der Waals surface area contributed by atoms with Gasteiger partial charge < -0.3 is 18.9 Å². The standard InChI is InChI=1S/C20H22ClN3O2.2ClH/c1-23(2)15-8-6-13(7-9-15)19-18(22-12-24(19)3)14-10-16(21)20(26-5)17(11-14)25-4;;/h6-12H,1-5H3;2*1H. The third-order valence-corrected chi connectivity index (χ3v) is 4.58. The van der Waals surface area contributed by atoms with Crippen molar-refractivity contribution in [3.05, 3.63) is 47.7 Å². The number of ether oxygens (including phenoxy) is 2. The minimum atomic E-state index is 0. The highest BCUT2D eigenvalue weighted by Crippen LogP contribution is 2.41. The zero-order valence-electron chi connectivity index (χ0n) is 16.4. The number of anilines is 1. The van der Waals surface area contributed by atoms with Crippen LogP contribution >= 0.6 is 36.4 Å². The molecule has 0 amide bonds. The number of hydrogen-bond donors (Lipinski definition) is 0. The highest BCUT2D eigenvalue weighted by atomic mass is 35.5. The van der Waals surface area contributed by atoms with Gasteiger partial charge in [-0.1, -0.05) is 23.7 Å². The van der Waals surface area contributed by atoms with Crippen LogP contribution in [-0.2, 0) is 7.05 Å². The molecule has 5 nitrogen and oxygen atoms in total. The summed E-state index contributed by atoms with van der Waals surface area (Å²) < 4.78 is 12.8. The molecule has 0 bridgehead atoms. The summed E-state index contributed by atoms with van der Waals surface area (Å²) in [6.45, 7) is 0. The van der Waals surface area contributed by atoms with E-state index in [4.69, 9.17) is 21.1 Å². The van der Waals surface area contributed by atoms with E-state index in [0.717, 1.165) is 28.2 Å². The first-order valence-electron chi connectivity index (χ1n) is 8.17. The van der Waals surface area contributed by atoms with E-state index in [2.05, 4.69) is 34.1 Å². The van der Waals surface area contributed by atoms with Crippen LogP contribution < -0.4 is 14.4 Å². The van der Waals surface area contributed by atoms with Gasteiger partial charge in [0.25, 0.3) is 0 Å². The second-order valence-corrected chi connectivity index (χ2v) is 6.59. The maximum atomic E-state index is 6.38. The van der Waals surface area contributed by atoms with Crippen molar-refractivity contribution in [2.75, 3.05) is 33.2 Å². The smallest absolute Gasteiger partial charge is 0.179 e. The molecule has 0 aliphatic rings. The van der Waals surface area contributed by atoms with Crippen LogP contribution in [0.3, 0.4) is 0 Å². The second-order valence-electron chi connectivity index (χ2n) is 6.19. The molecule has 0 aliphatic heterocycles. The number of aromatic nitrogens is 2. The number of rotatable bonds is 5. The molecule has 0 saturated heterocycles. The summed E-state index contributed by atoms with van der Waals surface area (Å²) in [5.41, 5.74) is 4.95. The first kappa shape index (κ1) is 24.0. The predicted molar refractivity (Wildman–Crippen MR) is 121 cm³/mol. The van der Waals surface area contributed by atoms with Crippen molar-refractivity contribution in [1.82, 2.24) is 9.55 Å². The van der Waals surface area contributed by atoms with Gasteiger partial charge in [0.2, 0.25) is 0 Å². The fourth-order valence-corrected chi connectivity index (χ4v) is 3.24. The first-order chi connectivity index (χ1) is 12.5. The summed E-state index contributed by atoms with van der Waals surface area (Å²) in [6, 6.07) is 12.1. The monoisotopic (exact) mass is 443 g/mol. The molecule has 0 fully saturated rings. The molecule has 0 atom stereocenters. The van der Waals surface area contributed by atoms with Crippen LogP contribution in [0, 0.1) is 0 Å². The number of halogens is 3. The van der Waals surface area contributed by atoms with Crippen LogP contribution in [-0.4, -0.2) is 37.9 Å². The Balaban J connectivity index is 0.00000196. The van der Waals surface area contributed by atoms with Gasteiger partial charge in [0.1, 0.15) is 0 Å². The van der Waals surface area contributed by atoms with Crippen LogP contribution in [0.15, 0.2) is 42.7 Å². The van der Waals surface area contributed by atoms with Crippen LogP contribution in [0.5, 0.6) is 11.5 Å². The molecule has 0 unspecified atom stereocenters. The molecular weight excluding hydrogens is 421 g/mol. The Bertz CT molecular complexity index is 925. The molecule has 0 saturated carbocycles. The Kier molecular flexibility index (Phi) is 8.48. The van der Waals surface area contributed by atoms with E-state index in [0.29, 0.717) is 16.5 Å². The summed E-state index contributed by atoms with van der Waals surface area (Å²) in [7, 11) is 9.19. The van der Waals surface area contributed by atoms with Crippen LogP contribution in [0.1, 0.15) is 0 Å². The molecule has 0 N–H and O–H groups in total. The molecule has 28 heavy (non-hydrogen) atoms. The Morgan fingerprint density at radius 3 is 2.14 bits per heavy atom. The van der Waals surface area contributed by atoms with Gasteiger partial charge >= 0.3 is 0 Å². The van der Waals surface area contributed by atoms with Crippen molar-refractivity contribution in [3.63, 3.8) is 0 Å². The molecule has 1 heterocycles. The molecule has 0 radical (unpaired) electrons. The van der Waals surface area contributed by atoms with E-state index in [1.165, 1.54) is 0 Å². The fourth-order valence-electron chi connectivity index (χ4n) is 2.95. The van der Waals surface area contributed by atoms with Gasteiger partial charge in [-0.2, -0.15) is 0 Å². The number of hydrogen-bond acceptors (Lipinski definition) is 4. The third kappa shape index (κ3) is 4.49. The van der Waals surface area contributed by atoms with Crippen molar-refractivity contribution >= 4 is 42.1 Å². The van der Waals surface area contributed by atoms with Gasteiger partial charge in [0.05, 0.1) is 37.0 Å². The lowest BCUT2D eigenvalue weighted by Crippen LogP contribution is -2.08. The second kappa shape index (κ2) is 9.92. The quantitative estimate of drug-likeness (QED) is 0.533. The highest BCUT2D eigenvalue weighted by molar-refractivity contribution is 6.32. The van der Waals surface area contributed by atoms with Crippen molar-refractivity contribution in [3.8, 4) is 34.0 Å². The third-order valence-electron chi connectivity index (χ3n) is 4.30. The number of nitrogens with zero attached hydrogens (tertiary/aromatic N) is 3. The number of aryl methyl sites for hydroxylation is 1. The van der Waals surface area contributed by atoms with E-state index in [9.17, 15) is 0 Å². The maximum Gasteiger partial charge on any atom is 0.179 e. The Labute approximate surface area is 183 Å². The van der Waals surface area contributed by atoms with Crippen LogP contribution in [0.25, 0.3) is 22.5 Å². The Hall–Kier alpha value is -2.08. The van der Waals surface area contributed by atoms with Crippen molar-refractivity contribution in [1.29, 1.82) is 0 Å². The first-order valence-corrected chi connectivity index (χ1v) is 8.55. The van der Waals surface area contributed by atoms with E-state index >= 15 is 0 Å². The topological polar surface area (TPSA) is 39.5 Å². The zero-order chi connectivity index (χ0) is 18.8. The predicted octanol–water partition coefficient (Wildman–Crippen LogP) is 5.33. The van der Waals surface area contributed by atoms with Crippen LogP contribution in [0.2, 0.25) is 5.02 Å². The Morgan fingerprint density at radius 2 is 1.61 bits per heavy atom. The summed E-state index contributed by atoms with van der Waals surface area (Å²) in [5, 5.41) is 0.487. The van der Waals surface area contributed by atoms with E-state index in [1.54, 1.807) is 20.5 Å². The largest absolute Gasteiger partial charge is 0.493 e. The average molecular weight is 445 g/mol. The SMILES string of the molecule is COc1cc(-c2ncn(C)c2-c2ccc(N(C)C)cc2)cc(Cl)c1OC.Cl.Cl. The van der Waals surface area contributed by atoms with E-state index < -0.39 is 0 Å². The molecule has 0 aliphatic carbocycles. The minimum Gasteiger partial charge on any atom is -0.493 e. The van der Waals surface area contributed by atoms with Gasteiger partial charge in [-0.25, -0.2) is 4.98 Å². The molecule has 0 spiro atoms. The summed E-state index contributed by atoms with van der Waals surface area (Å²) >= 11 is 6.38. The lowest BCUT2D eigenvalue weighted by atomic mass is 10.0. The average Bonchev–Trinajstić information content (AvgIpc) is 3.02. The minimum absolute atomic E-state index is 0. The lowest BCUT2D eigenvalue weighted by molar-refractivity contribution is 0.355. The van der Waals surface area contributed by atoms with E-state index in [-0.39, 0.29) is 24.8 Å². The van der Waals surface area contributed by atoms with Crippen molar-refractivity contribution in [2.45, 2.75) is 0 Å². The Morgan fingerprint density at radius 1 is 0.964 bits per heavy atom. The van der Waals surface area contributed by atoms with Crippen LogP contribution in [0.4, 0.5) is 5.69 Å². The van der Waals surface area contributed by atoms with Crippen molar-refractivity contribution < 1.29 is 9.47 Å². The van der Waals surface area contributed by atoms with Gasteiger partial charge in [0.15, 0.2) is 11.5 Å². The molecule has 8 heteroatoms. The molecule has 3 rings (SSSR count). The lowest BCUT2D eigenvalue weighted by Gasteiger charge is -2.14.